The van der Waals surface area contributed by atoms with E-state index >= 15 is 0 Å². The van der Waals surface area contributed by atoms with Gasteiger partial charge >= 0.3 is 6.09 Å². The molecule has 1 fully saturated rings. The molecule has 0 aliphatic carbocycles. The van der Waals surface area contributed by atoms with E-state index in [4.69, 9.17) is 9.94 Å². The lowest BCUT2D eigenvalue weighted by molar-refractivity contribution is -0.132. The first kappa shape index (κ1) is 23.2. The van der Waals surface area contributed by atoms with Crippen LogP contribution in [0.2, 0.25) is 0 Å². The second-order valence-corrected chi connectivity index (χ2v) is 10.2. The van der Waals surface area contributed by atoms with Gasteiger partial charge in [0.1, 0.15) is 6.10 Å². The molecule has 2 N–H and O–H groups in total. The van der Waals surface area contributed by atoms with Gasteiger partial charge in [-0.3, -0.25) is 19.9 Å². The number of cyclic esters (lactones) is 1. The number of carbonyl (C=O) groups excluding carboxylic acids is 2. The van der Waals surface area contributed by atoms with Crippen LogP contribution in [0.5, 0.6) is 0 Å². The SMILES string of the molecule is Cc1ccc(C#Cc2ccc(N3C[C@H](C[C@](C)(C(=O)NO)S(C)(=O)=O)OC3=O)cc2)cn1. The highest BCUT2D eigenvalue weighted by atomic mass is 32.2. The van der Waals surface area contributed by atoms with E-state index in [1.165, 1.54) is 17.3 Å². The number of amides is 2. The van der Waals surface area contributed by atoms with Crippen LogP contribution in [0, 0.1) is 18.8 Å². The number of sulfone groups is 1. The fourth-order valence-electron chi connectivity index (χ4n) is 3.21. The minimum absolute atomic E-state index is 0.0582. The van der Waals surface area contributed by atoms with E-state index in [9.17, 15) is 18.0 Å². The first-order valence-corrected chi connectivity index (χ1v) is 11.6. The molecule has 1 aromatic carbocycles. The van der Waals surface area contributed by atoms with Gasteiger partial charge < -0.3 is 4.74 Å². The fraction of sp³-hybridized carbons (Fsp3) is 0.318. The van der Waals surface area contributed by atoms with Crippen LogP contribution >= 0.6 is 0 Å². The smallest absolute Gasteiger partial charge is 0.414 e. The van der Waals surface area contributed by atoms with E-state index in [1.807, 2.05) is 19.1 Å². The van der Waals surface area contributed by atoms with Crippen LogP contribution in [0.1, 0.15) is 30.2 Å². The Labute approximate surface area is 186 Å². The van der Waals surface area contributed by atoms with Gasteiger partial charge in [0.25, 0.3) is 5.91 Å². The van der Waals surface area contributed by atoms with Crippen LogP contribution in [-0.2, 0) is 19.4 Å². The predicted molar refractivity (Wildman–Crippen MR) is 117 cm³/mol. The summed E-state index contributed by atoms with van der Waals surface area (Å²) in [5.74, 6) is 4.96. The average Bonchev–Trinajstić information content (AvgIpc) is 3.12. The lowest BCUT2D eigenvalue weighted by Gasteiger charge is -2.26. The number of carbonyl (C=O) groups is 2. The first-order valence-electron chi connectivity index (χ1n) is 9.70. The topological polar surface area (TPSA) is 126 Å². The van der Waals surface area contributed by atoms with E-state index < -0.39 is 32.7 Å². The van der Waals surface area contributed by atoms with E-state index in [0.29, 0.717) is 5.69 Å². The predicted octanol–water partition coefficient (Wildman–Crippen LogP) is 1.81. The number of aryl methyl sites for hydroxylation is 1. The Morgan fingerprint density at radius 1 is 1.25 bits per heavy atom. The van der Waals surface area contributed by atoms with Crippen LogP contribution in [-0.4, -0.2) is 54.3 Å². The second-order valence-electron chi connectivity index (χ2n) is 7.75. The number of nitrogens with one attached hydrogen (secondary N) is 1. The number of pyridine rings is 1. The van der Waals surface area contributed by atoms with Crippen molar-refractivity contribution >= 4 is 27.5 Å². The summed E-state index contributed by atoms with van der Waals surface area (Å²) in [6, 6.07) is 10.7. The number of anilines is 1. The van der Waals surface area contributed by atoms with Crippen molar-refractivity contribution < 1.29 is 28.0 Å². The molecular weight excluding hydrogens is 434 g/mol. The van der Waals surface area contributed by atoms with Gasteiger partial charge in [0.2, 0.25) is 0 Å². The number of nitrogens with zero attached hydrogens (tertiary/aromatic N) is 2. The zero-order chi connectivity index (χ0) is 23.5. The van der Waals surface area contributed by atoms with Crippen molar-refractivity contribution in [3.8, 4) is 11.8 Å². The summed E-state index contributed by atoms with van der Waals surface area (Å²) in [5.41, 5.74) is 4.36. The van der Waals surface area contributed by atoms with Crippen molar-refractivity contribution in [1.82, 2.24) is 10.5 Å². The molecule has 2 aromatic rings. The molecule has 1 aliphatic rings. The van der Waals surface area contributed by atoms with Gasteiger partial charge in [-0.1, -0.05) is 11.8 Å². The Morgan fingerprint density at radius 3 is 2.44 bits per heavy atom. The summed E-state index contributed by atoms with van der Waals surface area (Å²) in [7, 11) is -3.90. The van der Waals surface area contributed by atoms with E-state index in [0.717, 1.165) is 23.1 Å². The number of hydrogen-bond acceptors (Lipinski definition) is 7. The molecule has 0 bridgehead atoms. The van der Waals surface area contributed by atoms with E-state index in [-0.39, 0.29) is 13.0 Å². The van der Waals surface area contributed by atoms with Gasteiger partial charge in [0.15, 0.2) is 14.6 Å². The Hall–Kier alpha value is -3.42. The molecule has 1 aliphatic heterocycles. The summed E-state index contributed by atoms with van der Waals surface area (Å²) in [5, 5.41) is 8.95. The van der Waals surface area contributed by atoms with Gasteiger partial charge in [-0.2, -0.15) is 0 Å². The maximum Gasteiger partial charge on any atom is 0.414 e. The van der Waals surface area contributed by atoms with Crippen LogP contribution in [0.25, 0.3) is 0 Å². The Balaban J connectivity index is 1.72. The Morgan fingerprint density at radius 2 is 1.88 bits per heavy atom. The molecule has 10 heteroatoms. The van der Waals surface area contributed by atoms with E-state index in [2.05, 4.69) is 16.8 Å². The summed E-state index contributed by atoms with van der Waals surface area (Å²) in [6.45, 7) is 3.14. The standard InChI is InChI=1S/C22H23N3O6S/c1-15-4-5-17(13-23-15)7-6-16-8-10-18(11-9-16)25-14-19(31-21(25)27)12-22(2,20(26)24-28)32(3,29)30/h4-5,8-11,13,19,28H,12,14H2,1-3H3,(H,24,26)/t19-,22+/m0/s1. The van der Waals surface area contributed by atoms with Crippen molar-refractivity contribution in [2.75, 3.05) is 17.7 Å². The van der Waals surface area contributed by atoms with Gasteiger partial charge in [-0.25, -0.2) is 18.7 Å². The number of benzene rings is 1. The van der Waals surface area contributed by atoms with Crippen molar-refractivity contribution in [2.45, 2.75) is 31.1 Å². The third kappa shape index (κ3) is 4.90. The fourth-order valence-corrected chi connectivity index (χ4v) is 4.09. The summed E-state index contributed by atoms with van der Waals surface area (Å²) < 4.78 is 27.6. The average molecular weight is 458 g/mol. The largest absolute Gasteiger partial charge is 0.444 e. The monoisotopic (exact) mass is 457 g/mol. The Bertz CT molecular complexity index is 1180. The van der Waals surface area contributed by atoms with Crippen LogP contribution in [0.4, 0.5) is 10.5 Å². The second kappa shape index (κ2) is 8.98. The molecular formula is C22H23N3O6S. The molecule has 0 radical (unpaired) electrons. The third-order valence-corrected chi connectivity index (χ3v) is 7.32. The number of hydroxylamine groups is 1. The molecule has 2 atom stereocenters. The number of ether oxygens (including phenoxy) is 1. The highest BCUT2D eigenvalue weighted by Crippen LogP contribution is 2.30. The van der Waals surface area contributed by atoms with Gasteiger partial charge in [-0.05, 0) is 50.2 Å². The normalized spacial score (nSPS) is 17.7. The molecule has 0 saturated carbocycles. The van der Waals surface area contributed by atoms with Crippen LogP contribution in [0.3, 0.4) is 0 Å². The molecule has 3 rings (SSSR count). The van der Waals surface area contributed by atoms with Crippen molar-refractivity contribution in [3.63, 3.8) is 0 Å². The number of aromatic nitrogens is 1. The first-order chi connectivity index (χ1) is 15.0. The number of hydrogen-bond donors (Lipinski definition) is 2. The van der Waals surface area contributed by atoms with Crippen LogP contribution in [0.15, 0.2) is 42.6 Å². The highest BCUT2D eigenvalue weighted by Gasteiger charge is 2.48. The minimum Gasteiger partial charge on any atom is -0.444 e. The maximum atomic E-state index is 12.4. The molecule has 1 aromatic heterocycles. The van der Waals surface area contributed by atoms with E-state index in [1.54, 1.807) is 30.5 Å². The number of rotatable bonds is 5. The highest BCUT2D eigenvalue weighted by molar-refractivity contribution is 7.92. The third-order valence-electron chi connectivity index (χ3n) is 5.33. The lowest BCUT2D eigenvalue weighted by atomic mass is 10.0. The van der Waals surface area contributed by atoms with Crippen LogP contribution < -0.4 is 10.4 Å². The summed E-state index contributed by atoms with van der Waals surface area (Å²) in [4.78, 5) is 29.9. The molecule has 168 valence electrons. The molecule has 0 spiro atoms. The Kier molecular flexibility index (Phi) is 6.52. The maximum absolute atomic E-state index is 12.4. The van der Waals surface area contributed by atoms with Crippen molar-refractivity contribution in [2.24, 2.45) is 0 Å². The molecule has 2 amide bonds. The summed E-state index contributed by atoms with van der Waals surface area (Å²) >= 11 is 0. The molecule has 9 nitrogen and oxygen atoms in total. The zero-order valence-corrected chi connectivity index (χ0v) is 18.6. The van der Waals surface area contributed by atoms with Gasteiger partial charge in [0.05, 0.1) is 6.54 Å². The summed E-state index contributed by atoms with van der Waals surface area (Å²) in [6.07, 6.45) is 0.781. The molecule has 0 unspecified atom stereocenters. The zero-order valence-electron chi connectivity index (χ0n) is 17.8. The quantitative estimate of drug-likeness (QED) is 0.398. The van der Waals surface area contributed by atoms with Gasteiger partial charge in [-0.15, -0.1) is 0 Å². The van der Waals surface area contributed by atoms with Crippen molar-refractivity contribution in [1.29, 1.82) is 0 Å². The molecule has 32 heavy (non-hydrogen) atoms. The van der Waals surface area contributed by atoms with Crippen molar-refractivity contribution in [3.05, 3.63) is 59.4 Å². The minimum atomic E-state index is -3.90. The van der Waals surface area contributed by atoms with Gasteiger partial charge in [0, 0.05) is 41.4 Å². The lowest BCUT2D eigenvalue weighted by Crippen LogP contribution is -2.51. The molecule has 2 heterocycles. The molecule has 1 saturated heterocycles.